The SMILES string of the molecule is Nc1ccc(N)c(CCNC(=O)c2ccccc2)c1. The second-order valence-electron chi connectivity index (χ2n) is 4.33. The fourth-order valence-corrected chi connectivity index (χ4v) is 1.84. The Morgan fingerprint density at radius 2 is 1.79 bits per heavy atom. The van der Waals surface area contributed by atoms with Crippen molar-refractivity contribution in [1.29, 1.82) is 0 Å². The van der Waals surface area contributed by atoms with Gasteiger partial charge in [-0.2, -0.15) is 0 Å². The molecule has 0 saturated carbocycles. The Morgan fingerprint density at radius 1 is 1.05 bits per heavy atom. The van der Waals surface area contributed by atoms with E-state index in [2.05, 4.69) is 5.32 Å². The van der Waals surface area contributed by atoms with E-state index in [0.717, 1.165) is 5.56 Å². The molecule has 0 aliphatic heterocycles. The molecule has 0 saturated heterocycles. The number of benzene rings is 2. The van der Waals surface area contributed by atoms with Crippen LogP contribution in [0.3, 0.4) is 0 Å². The van der Waals surface area contributed by atoms with Crippen LogP contribution in [0.5, 0.6) is 0 Å². The third-order valence-corrected chi connectivity index (χ3v) is 2.88. The molecule has 5 N–H and O–H groups in total. The van der Waals surface area contributed by atoms with Gasteiger partial charge in [-0.1, -0.05) is 18.2 Å². The van der Waals surface area contributed by atoms with Crippen molar-refractivity contribution in [3.63, 3.8) is 0 Å². The molecule has 0 bridgehead atoms. The van der Waals surface area contributed by atoms with Crippen LogP contribution in [0.25, 0.3) is 0 Å². The Kier molecular flexibility index (Phi) is 4.03. The monoisotopic (exact) mass is 255 g/mol. The summed E-state index contributed by atoms with van der Waals surface area (Å²) in [7, 11) is 0. The van der Waals surface area contributed by atoms with Crippen molar-refractivity contribution in [3.05, 3.63) is 59.7 Å². The van der Waals surface area contributed by atoms with Gasteiger partial charge in [-0.25, -0.2) is 0 Å². The molecule has 19 heavy (non-hydrogen) atoms. The van der Waals surface area contributed by atoms with Crippen molar-refractivity contribution in [2.45, 2.75) is 6.42 Å². The summed E-state index contributed by atoms with van der Waals surface area (Å²) in [6.45, 7) is 0.529. The highest BCUT2D eigenvalue weighted by atomic mass is 16.1. The maximum atomic E-state index is 11.8. The lowest BCUT2D eigenvalue weighted by atomic mass is 10.1. The molecule has 0 aliphatic carbocycles. The molecule has 98 valence electrons. The topological polar surface area (TPSA) is 81.1 Å². The summed E-state index contributed by atoms with van der Waals surface area (Å²) in [6.07, 6.45) is 0.662. The number of hydrogen-bond acceptors (Lipinski definition) is 3. The Labute approximate surface area is 112 Å². The summed E-state index contributed by atoms with van der Waals surface area (Å²) in [6, 6.07) is 14.5. The molecule has 2 rings (SSSR count). The first-order valence-corrected chi connectivity index (χ1v) is 6.14. The van der Waals surface area contributed by atoms with E-state index >= 15 is 0 Å². The Hall–Kier alpha value is -2.49. The van der Waals surface area contributed by atoms with Gasteiger partial charge in [0.05, 0.1) is 0 Å². The number of nitrogens with two attached hydrogens (primary N) is 2. The second kappa shape index (κ2) is 5.91. The molecule has 0 heterocycles. The van der Waals surface area contributed by atoms with E-state index in [9.17, 15) is 4.79 Å². The van der Waals surface area contributed by atoms with Crippen LogP contribution >= 0.6 is 0 Å². The molecule has 0 spiro atoms. The second-order valence-corrected chi connectivity index (χ2v) is 4.33. The van der Waals surface area contributed by atoms with E-state index in [0.29, 0.717) is 29.9 Å². The number of amides is 1. The zero-order valence-corrected chi connectivity index (χ0v) is 10.6. The van der Waals surface area contributed by atoms with Gasteiger partial charge in [0.2, 0.25) is 0 Å². The first kappa shape index (κ1) is 13.0. The van der Waals surface area contributed by atoms with Crippen LogP contribution in [0.4, 0.5) is 11.4 Å². The molecule has 0 fully saturated rings. The van der Waals surface area contributed by atoms with Gasteiger partial charge in [-0.05, 0) is 42.3 Å². The standard InChI is InChI=1S/C15H17N3O/c16-13-6-7-14(17)12(10-13)8-9-18-15(19)11-4-2-1-3-5-11/h1-7,10H,8-9,16-17H2,(H,18,19). The Balaban J connectivity index is 1.90. The molecular weight excluding hydrogens is 238 g/mol. The van der Waals surface area contributed by atoms with Gasteiger partial charge >= 0.3 is 0 Å². The summed E-state index contributed by atoms with van der Waals surface area (Å²) >= 11 is 0. The number of nitrogens with one attached hydrogen (secondary N) is 1. The smallest absolute Gasteiger partial charge is 0.251 e. The summed E-state index contributed by atoms with van der Waals surface area (Å²) in [4.78, 5) is 11.8. The molecule has 1 amide bonds. The number of anilines is 2. The van der Waals surface area contributed by atoms with Gasteiger partial charge in [0.25, 0.3) is 5.91 Å². The normalized spacial score (nSPS) is 10.1. The summed E-state index contributed by atoms with van der Waals surface area (Å²) < 4.78 is 0. The van der Waals surface area contributed by atoms with Gasteiger partial charge in [-0.3, -0.25) is 4.79 Å². The van der Waals surface area contributed by atoms with Crippen LogP contribution < -0.4 is 16.8 Å². The fourth-order valence-electron chi connectivity index (χ4n) is 1.84. The number of carbonyl (C=O) groups excluding carboxylic acids is 1. The van der Waals surface area contributed by atoms with Gasteiger partial charge in [0.15, 0.2) is 0 Å². The minimum Gasteiger partial charge on any atom is -0.399 e. The first-order valence-electron chi connectivity index (χ1n) is 6.14. The van der Waals surface area contributed by atoms with Crippen LogP contribution in [0, 0.1) is 0 Å². The largest absolute Gasteiger partial charge is 0.399 e. The molecule has 0 aromatic heterocycles. The van der Waals surface area contributed by atoms with Crippen LogP contribution in [0.2, 0.25) is 0 Å². The summed E-state index contributed by atoms with van der Waals surface area (Å²) in [5.41, 5.74) is 14.5. The molecule has 0 aliphatic rings. The predicted molar refractivity (Wildman–Crippen MR) is 77.7 cm³/mol. The van der Waals surface area contributed by atoms with Gasteiger partial charge in [0.1, 0.15) is 0 Å². The van der Waals surface area contributed by atoms with E-state index in [-0.39, 0.29) is 5.91 Å². The Bertz CT molecular complexity index is 567. The zero-order chi connectivity index (χ0) is 13.7. The maximum Gasteiger partial charge on any atom is 0.251 e. The van der Waals surface area contributed by atoms with E-state index in [1.807, 2.05) is 24.3 Å². The van der Waals surface area contributed by atoms with E-state index < -0.39 is 0 Å². The summed E-state index contributed by atoms with van der Waals surface area (Å²) in [5, 5.41) is 2.86. The third-order valence-electron chi connectivity index (χ3n) is 2.88. The fraction of sp³-hybridized carbons (Fsp3) is 0.133. The van der Waals surface area contributed by atoms with Crippen LogP contribution in [-0.2, 0) is 6.42 Å². The highest BCUT2D eigenvalue weighted by molar-refractivity contribution is 5.94. The maximum absolute atomic E-state index is 11.8. The average Bonchev–Trinajstić information content (AvgIpc) is 2.43. The van der Waals surface area contributed by atoms with Gasteiger partial charge in [0, 0.05) is 23.5 Å². The molecule has 4 heteroatoms. The lowest BCUT2D eigenvalue weighted by molar-refractivity contribution is 0.0954. The number of carbonyl (C=O) groups is 1. The van der Waals surface area contributed by atoms with E-state index in [1.165, 1.54) is 0 Å². The number of rotatable bonds is 4. The van der Waals surface area contributed by atoms with Crippen molar-refractivity contribution in [3.8, 4) is 0 Å². The quantitative estimate of drug-likeness (QED) is 0.729. The third kappa shape index (κ3) is 3.48. The molecular formula is C15H17N3O. The predicted octanol–water partition coefficient (Wildman–Crippen LogP) is 1.82. The van der Waals surface area contributed by atoms with Crippen molar-refractivity contribution >= 4 is 17.3 Å². The van der Waals surface area contributed by atoms with Crippen LogP contribution in [-0.4, -0.2) is 12.5 Å². The molecule has 2 aromatic carbocycles. The molecule has 2 aromatic rings. The van der Waals surface area contributed by atoms with Crippen molar-refractivity contribution in [2.24, 2.45) is 0 Å². The zero-order valence-electron chi connectivity index (χ0n) is 10.6. The van der Waals surface area contributed by atoms with Crippen molar-refractivity contribution < 1.29 is 4.79 Å². The first-order chi connectivity index (χ1) is 9.16. The van der Waals surface area contributed by atoms with Gasteiger partial charge < -0.3 is 16.8 Å². The highest BCUT2D eigenvalue weighted by Crippen LogP contribution is 2.15. The molecule has 4 nitrogen and oxygen atoms in total. The molecule has 0 radical (unpaired) electrons. The molecule has 0 atom stereocenters. The minimum atomic E-state index is -0.0805. The lowest BCUT2D eigenvalue weighted by Gasteiger charge is -2.08. The van der Waals surface area contributed by atoms with Crippen molar-refractivity contribution in [1.82, 2.24) is 5.32 Å². The highest BCUT2D eigenvalue weighted by Gasteiger charge is 2.04. The Morgan fingerprint density at radius 3 is 2.53 bits per heavy atom. The lowest BCUT2D eigenvalue weighted by Crippen LogP contribution is -2.25. The average molecular weight is 255 g/mol. The van der Waals surface area contributed by atoms with E-state index in [1.54, 1.807) is 24.3 Å². The van der Waals surface area contributed by atoms with Gasteiger partial charge in [-0.15, -0.1) is 0 Å². The van der Waals surface area contributed by atoms with Crippen LogP contribution in [0.15, 0.2) is 48.5 Å². The number of hydrogen-bond donors (Lipinski definition) is 3. The summed E-state index contributed by atoms with van der Waals surface area (Å²) in [5.74, 6) is -0.0805. The van der Waals surface area contributed by atoms with Crippen molar-refractivity contribution in [2.75, 3.05) is 18.0 Å². The van der Waals surface area contributed by atoms with Crippen LogP contribution in [0.1, 0.15) is 15.9 Å². The minimum absolute atomic E-state index is 0.0805. The van der Waals surface area contributed by atoms with E-state index in [4.69, 9.17) is 11.5 Å². The molecule has 0 unspecified atom stereocenters. The number of nitrogen functional groups attached to an aromatic ring is 2.